The van der Waals surface area contributed by atoms with Crippen LogP contribution in [-0.2, 0) is 19.5 Å². The van der Waals surface area contributed by atoms with Crippen LogP contribution >= 0.6 is 11.3 Å². The van der Waals surface area contributed by atoms with Gasteiger partial charge in [0.1, 0.15) is 5.01 Å². The molecule has 1 aliphatic rings. The summed E-state index contributed by atoms with van der Waals surface area (Å²) >= 11 is 1.72. The molecule has 18 heavy (non-hydrogen) atoms. The van der Waals surface area contributed by atoms with Gasteiger partial charge < -0.3 is 10.6 Å². The van der Waals surface area contributed by atoms with Gasteiger partial charge in [0.2, 0.25) is 0 Å². The lowest BCUT2D eigenvalue weighted by Crippen LogP contribution is -2.12. The molecule has 0 spiro atoms. The van der Waals surface area contributed by atoms with Gasteiger partial charge in [-0.15, -0.1) is 11.3 Å². The highest BCUT2D eigenvalue weighted by atomic mass is 32.1. The number of anilines is 1. The molecule has 0 aliphatic carbocycles. The van der Waals surface area contributed by atoms with Gasteiger partial charge in [0.15, 0.2) is 0 Å². The first-order valence-electron chi connectivity index (χ1n) is 6.29. The van der Waals surface area contributed by atoms with Crippen molar-refractivity contribution in [1.82, 2.24) is 10.3 Å². The van der Waals surface area contributed by atoms with Crippen molar-refractivity contribution in [1.29, 1.82) is 0 Å². The second kappa shape index (κ2) is 5.08. The summed E-state index contributed by atoms with van der Waals surface area (Å²) in [7, 11) is 0. The Hall–Kier alpha value is -1.39. The highest BCUT2D eigenvalue weighted by Gasteiger charge is 2.09. The fourth-order valence-corrected chi connectivity index (χ4v) is 2.99. The van der Waals surface area contributed by atoms with E-state index in [9.17, 15) is 0 Å². The van der Waals surface area contributed by atoms with Crippen molar-refractivity contribution in [2.75, 3.05) is 11.9 Å². The van der Waals surface area contributed by atoms with Gasteiger partial charge in [-0.2, -0.15) is 0 Å². The molecule has 0 atom stereocenters. The molecule has 0 fully saturated rings. The van der Waals surface area contributed by atoms with Crippen LogP contribution in [0.25, 0.3) is 0 Å². The Bertz CT molecular complexity index is 548. The van der Waals surface area contributed by atoms with Crippen LogP contribution in [0.15, 0.2) is 23.6 Å². The Morgan fingerprint density at radius 3 is 3.17 bits per heavy atom. The summed E-state index contributed by atoms with van der Waals surface area (Å²) in [6.45, 7) is 4.85. The van der Waals surface area contributed by atoms with Gasteiger partial charge in [0.25, 0.3) is 0 Å². The van der Waals surface area contributed by atoms with E-state index in [4.69, 9.17) is 0 Å². The summed E-state index contributed by atoms with van der Waals surface area (Å²) < 4.78 is 0. The van der Waals surface area contributed by atoms with Crippen LogP contribution in [0.3, 0.4) is 0 Å². The van der Waals surface area contributed by atoms with E-state index in [0.717, 1.165) is 36.8 Å². The molecule has 2 N–H and O–H groups in total. The quantitative estimate of drug-likeness (QED) is 0.886. The van der Waals surface area contributed by atoms with Crippen LogP contribution in [0.4, 0.5) is 5.69 Å². The predicted molar refractivity (Wildman–Crippen MR) is 76.0 cm³/mol. The van der Waals surface area contributed by atoms with Gasteiger partial charge in [0.05, 0.1) is 0 Å². The first-order valence-corrected chi connectivity index (χ1v) is 7.16. The lowest BCUT2D eigenvalue weighted by Gasteiger charge is -2.06. The van der Waals surface area contributed by atoms with E-state index in [2.05, 4.69) is 39.2 Å². The van der Waals surface area contributed by atoms with Gasteiger partial charge in [0, 0.05) is 36.4 Å². The van der Waals surface area contributed by atoms with Crippen LogP contribution in [0, 0.1) is 6.92 Å². The topological polar surface area (TPSA) is 37.0 Å². The van der Waals surface area contributed by atoms with Crippen molar-refractivity contribution in [2.24, 2.45) is 0 Å². The lowest BCUT2D eigenvalue weighted by atomic mass is 10.1. The molecule has 1 aliphatic heterocycles. The molecule has 0 amide bonds. The average molecular weight is 259 g/mol. The minimum atomic E-state index is 0.850. The number of nitrogens with zero attached hydrogens (tertiary/aromatic N) is 1. The maximum absolute atomic E-state index is 4.44. The summed E-state index contributed by atoms with van der Waals surface area (Å²) in [5, 5.41) is 10.1. The zero-order chi connectivity index (χ0) is 12.4. The standard InChI is InChI=1S/C14H17N3S/c1-10-9-18-14(17-10)8-15-7-11-2-3-12-4-5-16-13(12)6-11/h2-3,6,9,15-16H,4-5,7-8H2,1H3. The third-order valence-electron chi connectivity index (χ3n) is 3.16. The Kier molecular flexibility index (Phi) is 3.30. The summed E-state index contributed by atoms with van der Waals surface area (Å²) in [5.74, 6) is 0. The van der Waals surface area contributed by atoms with Gasteiger partial charge >= 0.3 is 0 Å². The summed E-state index contributed by atoms with van der Waals surface area (Å²) in [6, 6.07) is 6.70. The number of hydrogen-bond acceptors (Lipinski definition) is 4. The molecular weight excluding hydrogens is 242 g/mol. The van der Waals surface area contributed by atoms with Crippen LogP contribution < -0.4 is 10.6 Å². The largest absolute Gasteiger partial charge is 0.384 e. The lowest BCUT2D eigenvalue weighted by molar-refractivity contribution is 0.689. The Labute approximate surface area is 111 Å². The second-order valence-electron chi connectivity index (χ2n) is 4.65. The Morgan fingerprint density at radius 2 is 2.33 bits per heavy atom. The minimum Gasteiger partial charge on any atom is -0.384 e. The summed E-state index contributed by atoms with van der Waals surface area (Å²) in [6.07, 6.45) is 1.15. The van der Waals surface area contributed by atoms with E-state index in [1.807, 2.05) is 6.92 Å². The molecule has 0 unspecified atom stereocenters. The molecule has 3 rings (SSSR count). The van der Waals surface area contributed by atoms with Crippen molar-refractivity contribution in [3.63, 3.8) is 0 Å². The molecular formula is C14H17N3S. The maximum atomic E-state index is 4.44. The number of fused-ring (bicyclic) bond motifs is 1. The van der Waals surface area contributed by atoms with Crippen LogP contribution in [-0.4, -0.2) is 11.5 Å². The fourth-order valence-electron chi connectivity index (χ4n) is 2.25. The number of benzene rings is 1. The third kappa shape index (κ3) is 2.54. The van der Waals surface area contributed by atoms with Gasteiger partial charge in [-0.1, -0.05) is 12.1 Å². The number of thiazole rings is 1. The zero-order valence-corrected chi connectivity index (χ0v) is 11.3. The normalized spacial score (nSPS) is 13.4. The molecule has 0 saturated heterocycles. The third-order valence-corrected chi connectivity index (χ3v) is 4.12. The molecule has 3 nitrogen and oxygen atoms in total. The van der Waals surface area contributed by atoms with Crippen molar-refractivity contribution < 1.29 is 0 Å². The highest BCUT2D eigenvalue weighted by Crippen LogP contribution is 2.23. The average Bonchev–Trinajstić information content (AvgIpc) is 2.97. The molecule has 0 radical (unpaired) electrons. The number of rotatable bonds is 4. The molecule has 1 aromatic heterocycles. The van der Waals surface area contributed by atoms with Crippen LogP contribution in [0.2, 0.25) is 0 Å². The van der Waals surface area contributed by atoms with E-state index < -0.39 is 0 Å². The van der Waals surface area contributed by atoms with Gasteiger partial charge in [-0.25, -0.2) is 4.98 Å². The van der Waals surface area contributed by atoms with E-state index in [1.54, 1.807) is 11.3 Å². The molecule has 1 aromatic carbocycles. The molecule has 0 bridgehead atoms. The molecule has 0 saturated carbocycles. The number of nitrogens with one attached hydrogen (secondary N) is 2. The first-order chi connectivity index (χ1) is 8.81. The van der Waals surface area contributed by atoms with E-state index in [-0.39, 0.29) is 0 Å². The summed E-state index contributed by atoms with van der Waals surface area (Å²) in [4.78, 5) is 4.44. The number of aromatic nitrogens is 1. The number of hydrogen-bond donors (Lipinski definition) is 2. The SMILES string of the molecule is Cc1csc(CNCc2ccc3c(c2)NCC3)n1. The van der Waals surface area contributed by atoms with E-state index >= 15 is 0 Å². The summed E-state index contributed by atoms with van der Waals surface area (Å²) in [5.41, 5.74) is 5.18. The smallest absolute Gasteiger partial charge is 0.107 e. The second-order valence-corrected chi connectivity index (χ2v) is 5.60. The maximum Gasteiger partial charge on any atom is 0.107 e. The Morgan fingerprint density at radius 1 is 1.39 bits per heavy atom. The van der Waals surface area contributed by atoms with E-state index in [0.29, 0.717) is 0 Å². The van der Waals surface area contributed by atoms with Gasteiger partial charge in [-0.3, -0.25) is 0 Å². The minimum absolute atomic E-state index is 0.850. The molecule has 4 heteroatoms. The van der Waals surface area contributed by atoms with Crippen molar-refractivity contribution in [2.45, 2.75) is 26.4 Å². The first kappa shape index (κ1) is 11.7. The van der Waals surface area contributed by atoms with Crippen LogP contribution in [0.5, 0.6) is 0 Å². The number of aryl methyl sites for hydroxylation is 1. The Balaban J connectivity index is 1.57. The molecule has 2 aromatic rings. The predicted octanol–water partition coefficient (Wildman–Crippen LogP) is 2.71. The molecule has 94 valence electrons. The molecule has 2 heterocycles. The highest BCUT2D eigenvalue weighted by molar-refractivity contribution is 7.09. The van der Waals surface area contributed by atoms with Crippen molar-refractivity contribution in [3.05, 3.63) is 45.4 Å². The van der Waals surface area contributed by atoms with Crippen molar-refractivity contribution >= 4 is 17.0 Å². The van der Waals surface area contributed by atoms with Crippen molar-refractivity contribution in [3.8, 4) is 0 Å². The van der Waals surface area contributed by atoms with Crippen LogP contribution in [0.1, 0.15) is 21.8 Å². The fraction of sp³-hybridized carbons (Fsp3) is 0.357. The zero-order valence-electron chi connectivity index (χ0n) is 10.5. The monoisotopic (exact) mass is 259 g/mol. The van der Waals surface area contributed by atoms with Gasteiger partial charge in [-0.05, 0) is 30.5 Å². The van der Waals surface area contributed by atoms with E-state index in [1.165, 1.54) is 16.8 Å².